The molecular weight excluding hydrogens is 313 g/mol. The van der Waals surface area contributed by atoms with Gasteiger partial charge in [-0.2, -0.15) is 13.2 Å². The maximum Gasteiger partial charge on any atom is 0.390 e. The van der Waals surface area contributed by atoms with Gasteiger partial charge in [0.1, 0.15) is 6.10 Å². The third-order valence-electron chi connectivity index (χ3n) is 4.00. The maximum absolute atomic E-state index is 12.2. The van der Waals surface area contributed by atoms with Crippen molar-refractivity contribution in [3.05, 3.63) is 0 Å². The second-order valence-electron chi connectivity index (χ2n) is 5.65. The maximum atomic E-state index is 12.2. The first-order valence-corrected chi connectivity index (χ1v) is 7.83. The number of amides is 1. The van der Waals surface area contributed by atoms with Crippen LogP contribution in [-0.2, 0) is 9.53 Å². The fraction of sp³-hybridized carbons (Fsp3) is 0.857. The van der Waals surface area contributed by atoms with Gasteiger partial charge in [-0.25, -0.2) is 0 Å². The van der Waals surface area contributed by atoms with Crippen molar-refractivity contribution < 1.29 is 22.7 Å². The Morgan fingerprint density at radius 3 is 2.43 bits per heavy atom. The predicted molar refractivity (Wildman–Crippen MR) is 79.2 cm³/mol. The molecule has 0 aliphatic carbocycles. The van der Waals surface area contributed by atoms with Gasteiger partial charge < -0.3 is 19.9 Å². The summed E-state index contributed by atoms with van der Waals surface area (Å²) in [5.74, 6) is 0.459. The summed E-state index contributed by atoms with van der Waals surface area (Å²) in [4.78, 5) is 19.9. The van der Waals surface area contributed by atoms with Crippen LogP contribution < -0.4 is 5.32 Å². The zero-order valence-electron chi connectivity index (χ0n) is 13.2. The van der Waals surface area contributed by atoms with Crippen LogP contribution in [0.1, 0.15) is 19.3 Å². The number of halogens is 3. The van der Waals surface area contributed by atoms with Gasteiger partial charge in [-0.05, 0) is 12.8 Å². The quantitative estimate of drug-likeness (QED) is 0.613. The summed E-state index contributed by atoms with van der Waals surface area (Å²) in [6.07, 6.45) is -3.74. The molecule has 9 heteroatoms. The lowest BCUT2D eigenvalue weighted by molar-refractivity contribution is -0.142. The minimum atomic E-state index is -4.18. The number of nitrogens with one attached hydrogen (secondary N) is 1. The average molecular weight is 336 g/mol. The molecule has 0 radical (unpaired) electrons. The molecule has 2 heterocycles. The standard InChI is InChI=1S/C14H23F3N4O2/c1-18-13(19-5-4-14(15,16)17)21-8-6-20(7-9-21)12(22)11-3-2-10-23-11/h11H,2-10H2,1H3,(H,18,19). The molecule has 2 aliphatic rings. The number of carbonyl (C=O) groups is 1. The van der Waals surface area contributed by atoms with Crippen molar-refractivity contribution in [1.82, 2.24) is 15.1 Å². The van der Waals surface area contributed by atoms with Crippen molar-refractivity contribution in [1.29, 1.82) is 0 Å². The smallest absolute Gasteiger partial charge is 0.368 e. The molecule has 2 rings (SSSR count). The van der Waals surface area contributed by atoms with Gasteiger partial charge in [-0.3, -0.25) is 9.79 Å². The van der Waals surface area contributed by atoms with E-state index in [9.17, 15) is 18.0 Å². The first-order valence-electron chi connectivity index (χ1n) is 7.83. The van der Waals surface area contributed by atoms with Gasteiger partial charge in [0.25, 0.3) is 5.91 Å². The predicted octanol–water partition coefficient (Wildman–Crippen LogP) is 0.837. The van der Waals surface area contributed by atoms with E-state index in [1.54, 1.807) is 11.9 Å². The van der Waals surface area contributed by atoms with Gasteiger partial charge in [0.15, 0.2) is 5.96 Å². The molecule has 23 heavy (non-hydrogen) atoms. The van der Waals surface area contributed by atoms with Crippen molar-refractivity contribution in [2.75, 3.05) is 46.4 Å². The molecule has 1 unspecified atom stereocenters. The van der Waals surface area contributed by atoms with Crippen LogP contribution in [0.5, 0.6) is 0 Å². The van der Waals surface area contributed by atoms with E-state index in [1.807, 2.05) is 4.90 Å². The Kier molecular flexibility index (Phi) is 6.09. The highest BCUT2D eigenvalue weighted by molar-refractivity contribution is 5.82. The van der Waals surface area contributed by atoms with Gasteiger partial charge in [0.05, 0.1) is 6.42 Å². The largest absolute Gasteiger partial charge is 0.390 e. The summed E-state index contributed by atoms with van der Waals surface area (Å²) in [5.41, 5.74) is 0. The number of piperazine rings is 1. The Balaban J connectivity index is 1.76. The minimum absolute atomic E-state index is 0.0159. The highest BCUT2D eigenvalue weighted by Crippen LogP contribution is 2.18. The van der Waals surface area contributed by atoms with Gasteiger partial charge in [0.2, 0.25) is 0 Å². The van der Waals surface area contributed by atoms with Crippen molar-refractivity contribution in [2.24, 2.45) is 4.99 Å². The van der Waals surface area contributed by atoms with E-state index in [4.69, 9.17) is 4.74 Å². The minimum Gasteiger partial charge on any atom is -0.368 e. The van der Waals surface area contributed by atoms with E-state index in [0.29, 0.717) is 38.7 Å². The third kappa shape index (κ3) is 5.26. The van der Waals surface area contributed by atoms with E-state index < -0.39 is 12.6 Å². The number of guanidine groups is 1. The van der Waals surface area contributed by atoms with Gasteiger partial charge >= 0.3 is 6.18 Å². The molecule has 132 valence electrons. The molecule has 0 aromatic carbocycles. The van der Waals surface area contributed by atoms with Crippen LogP contribution >= 0.6 is 0 Å². The summed E-state index contributed by atoms with van der Waals surface area (Å²) in [5, 5.41) is 2.72. The molecule has 1 amide bonds. The Labute approximate surface area is 133 Å². The van der Waals surface area contributed by atoms with Gasteiger partial charge in [0, 0.05) is 46.4 Å². The van der Waals surface area contributed by atoms with Crippen molar-refractivity contribution in [3.8, 4) is 0 Å². The summed E-state index contributed by atoms with van der Waals surface area (Å²) in [6.45, 7) is 2.57. The fourth-order valence-electron chi connectivity index (χ4n) is 2.76. The van der Waals surface area contributed by atoms with Gasteiger partial charge in [-0.15, -0.1) is 0 Å². The summed E-state index contributed by atoms with van der Waals surface area (Å²) >= 11 is 0. The second-order valence-corrected chi connectivity index (χ2v) is 5.65. The molecule has 2 fully saturated rings. The van der Waals surface area contributed by atoms with Crippen LogP contribution in [0.4, 0.5) is 13.2 Å². The summed E-state index contributed by atoms with van der Waals surface area (Å²) in [6, 6.07) is 0. The zero-order valence-corrected chi connectivity index (χ0v) is 13.2. The van der Waals surface area contributed by atoms with E-state index in [0.717, 1.165) is 12.8 Å². The van der Waals surface area contributed by atoms with Crippen LogP contribution in [0, 0.1) is 0 Å². The second kappa shape index (κ2) is 7.85. The van der Waals surface area contributed by atoms with Crippen molar-refractivity contribution in [2.45, 2.75) is 31.5 Å². The average Bonchev–Trinajstić information content (AvgIpc) is 3.04. The van der Waals surface area contributed by atoms with Crippen LogP contribution in [-0.4, -0.2) is 80.3 Å². The van der Waals surface area contributed by atoms with E-state index in [2.05, 4.69) is 10.3 Å². The Bertz CT molecular complexity index is 428. The van der Waals surface area contributed by atoms with E-state index in [-0.39, 0.29) is 18.6 Å². The number of hydrogen-bond acceptors (Lipinski definition) is 3. The number of aliphatic imine (C=N–C) groups is 1. The lowest BCUT2D eigenvalue weighted by Crippen LogP contribution is -2.55. The lowest BCUT2D eigenvalue weighted by atomic mass is 10.2. The molecule has 6 nitrogen and oxygen atoms in total. The SMILES string of the molecule is CN=C(NCCC(F)(F)F)N1CCN(C(=O)C2CCCO2)CC1. The normalized spacial score (nSPS) is 23.3. The first kappa shape index (κ1) is 17.8. The molecular formula is C14H23F3N4O2. The zero-order chi connectivity index (χ0) is 16.9. The van der Waals surface area contributed by atoms with Crippen LogP contribution in [0.2, 0.25) is 0 Å². The first-order chi connectivity index (χ1) is 10.9. The lowest BCUT2D eigenvalue weighted by Gasteiger charge is -2.37. The molecule has 0 aromatic heterocycles. The monoisotopic (exact) mass is 336 g/mol. The summed E-state index contributed by atoms with van der Waals surface area (Å²) in [7, 11) is 1.54. The number of hydrogen-bond donors (Lipinski definition) is 1. The molecule has 1 N–H and O–H groups in total. The number of ether oxygens (including phenoxy) is 1. The molecule has 0 bridgehead atoms. The van der Waals surface area contributed by atoms with Crippen molar-refractivity contribution >= 4 is 11.9 Å². The molecule has 2 aliphatic heterocycles. The molecule has 0 saturated carbocycles. The number of nitrogens with zero attached hydrogens (tertiary/aromatic N) is 3. The number of rotatable bonds is 3. The highest BCUT2D eigenvalue weighted by atomic mass is 19.4. The molecule has 0 spiro atoms. The van der Waals surface area contributed by atoms with Crippen LogP contribution in [0.15, 0.2) is 4.99 Å². The highest BCUT2D eigenvalue weighted by Gasteiger charge is 2.31. The fourth-order valence-corrected chi connectivity index (χ4v) is 2.76. The van der Waals surface area contributed by atoms with Gasteiger partial charge in [-0.1, -0.05) is 0 Å². The van der Waals surface area contributed by atoms with Crippen LogP contribution in [0.3, 0.4) is 0 Å². The Morgan fingerprint density at radius 2 is 1.91 bits per heavy atom. The summed E-state index contributed by atoms with van der Waals surface area (Å²) < 4.78 is 42.0. The Morgan fingerprint density at radius 1 is 1.26 bits per heavy atom. The number of carbonyl (C=O) groups excluding carboxylic acids is 1. The van der Waals surface area contributed by atoms with E-state index >= 15 is 0 Å². The topological polar surface area (TPSA) is 57.2 Å². The van der Waals surface area contributed by atoms with Crippen molar-refractivity contribution in [3.63, 3.8) is 0 Å². The number of alkyl halides is 3. The van der Waals surface area contributed by atoms with E-state index in [1.165, 1.54) is 0 Å². The third-order valence-corrected chi connectivity index (χ3v) is 4.00. The van der Waals surface area contributed by atoms with Crippen LogP contribution in [0.25, 0.3) is 0 Å². The Hall–Kier alpha value is -1.51. The molecule has 0 aromatic rings. The molecule has 1 atom stereocenters. The molecule has 2 saturated heterocycles.